The van der Waals surface area contributed by atoms with Crippen molar-refractivity contribution in [3.05, 3.63) is 70.9 Å². The van der Waals surface area contributed by atoms with Gasteiger partial charge in [-0.3, -0.25) is 14.4 Å². The fourth-order valence-electron chi connectivity index (χ4n) is 4.66. The predicted molar refractivity (Wildman–Crippen MR) is 125 cm³/mol. The first-order chi connectivity index (χ1) is 15.1. The van der Waals surface area contributed by atoms with Gasteiger partial charge in [-0.2, -0.15) is 5.10 Å². The number of piperidine rings is 1. The Labute approximate surface area is 187 Å². The lowest BCUT2D eigenvalue weighted by molar-refractivity contribution is 0.0902. The van der Waals surface area contributed by atoms with Crippen LogP contribution in [0.4, 0.5) is 0 Å². The molecule has 31 heavy (non-hydrogen) atoms. The van der Waals surface area contributed by atoms with Crippen molar-refractivity contribution in [1.82, 2.24) is 20.0 Å². The van der Waals surface area contributed by atoms with E-state index in [-0.39, 0.29) is 11.9 Å². The number of benzene rings is 2. The van der Waals surface area contributed by atoms with Crippen molar-refractivity contribution in [3.8, 4) is 11.3 Å². The lowest BCUT2D eigenvalue weighted by atomic mass is 10.0. The third kappa shape index (κ3) is 4.14. The van der Waals surface area contributed by atoms with Crippen LogP contribution in [-0.2, 0) is 19.3 Å². The number of fused-ring (bicyclic) bond motifs is 3. The molecule has 2 aliphatic rings. The molecule has 2 aliphatic heterocycles. The summed E-state index contributed by atoms with van der Waals surface area (Å²) in [7, 11) is 1.94. The number of hydrogen-bond acceptors (Lipinski definition) is 4. The van der Waals surface area contributed by atoms with Crippen molar-refractivity contribution in [1.29, 1.82) is 0 Å². The van der Waals surface area contributed by atoms with Crippen LogP contribution in [0.25, 0.3) is 11.3 Å². The Morgan fingerprint density at radius 1 is 1.16 bits per heavy atom. The molecule has 0 atom stereocenters. The van der Waals surface area contributed by atoms with E-state index in [1.165, 1.54) is 21.6 Å². The van der Waals surface area contributed by atoms with Gasteiger partial charge in [0.2, 0.25) is 0 Å². The maximum absolute atomic E-state index is 13.1. The highest BCUT2D eigenvalue weighted by Gasteiger charge is 2.29. The Balaban J connectivity index is 1.26. The monoisotopic (exact) mass is 432 g/mol. The average Bonchev–Trinajstić information content (AvgIpc) is 3.13. The van der Waals surface area contributed by atoms with E-state index in [1.54, 1.807) is 11.8 Å². The number of nitrogens with zero attached hydrogens (tertiary/aromatic N) is 3. The quantitative estimate of drug-likeness (QED) is 0.664. The Morgan fingerprint density at radius 2 is 1.94 bits per heavy atom. The minimum absolute atomic E-state index is 0.0323. The minimum atomic E-state index is -0.0323. The number of carbonyl (C=O) groups is 1. The molecule has 5 rings (SSSR count). The first-order valence-electron chi connectivity index (χ1n) is 11.0. The van der Waals surface area contributed by atoms with Crippen LogP contribution in [0.5, 0.6) is 0 Å². The summed E-state index contributed by atoms with van der Waals surface area (Å²) >= 11 is 1.79. The summed E-state index contributed by atoms with van der Waals surface area (Å²) in [5.74, 6) is 0.757. The summed E-state index contributed by atoms with van der Waals surface area (Å²) in [4.78, 5) is 16.9. The molecule has 0 aliphatic carbocycles. The van der Waals surface area contributed by atoms with Crippen LogP contribution in [0.1, 0.15) is 40.0 Å². The molecule has 0 bridgehead atoms. The smallest absolute Gasteiger partial charge is 0.272 e. The Kier molecular flexibility index (Phi) is 5.59. The van der Waals surface area contributed by atoms with Crippen LogP contribution in [0.15, 0.2) is 53.4 Å². The van der Waals surface area contributed by atoms with E-state index in [0.717, 1.165) is 49.5 Å². The molecule has 1 aromatic heterocycles. The molecule has 0 spiro atoms. The van der Waals surface area contributed by atoms with Gasteiger partial charge < -0.3 is 5.32 Å². The first kappa shape index (κ1) is 20.3. The Bertz CT molecular complexity index is 1100. The predicted octanol–water partition coefficient (Wildman–Crippen LogP) is 4.40. The summed E-state index contributed by atoms with van der Waals surface area (Å²) in [5.41, 5.74) is 6.49. The topological polar surface area (TPSA) is 50.2 Å². The maximum Gasteiger partial charge on any atom is 0.272 e. The van der Waals surface area contributed by atoms with Gasteiger partial charge >= 0.3 is 0 Å². The van der Waals surface area contributed by atoms with E-state index in [9.17, 15) is 4.79 Å². The van der Waals surface area contributed by atoms with Gasteiger partial charge in [0.05, 0.1) is 5.69 Å². The first-order valence-corrected chi connectivity index (χ1v) is 11.9. The standard InChI is InChI=1S/C25H28N4OS/c1-17-8-9-22-20(14-17)24-21(16-31-22)23(27-28(24)2)25(30)26-19-10-12-29(13-11-19)15-18-6-4-3-5-7-18/h3-9,14,19H,10-13,15-16H2,1-2H3,(H,26,30). The van der Waals surface area contributed by atoms with Gasteiger partial charge in [0.1, 0.15) is 0 Å². The van der Waals surface area contributed by atoms with Crippen molar-refractivity contribution < 1.29 is 4.79 Å². The van der Waals surface area contributed by atoms with Gasteiger partial charge in [-0.15, -0.1) is 11.8 Å². The van der Waals surface area contributed by atoms with Crippen molar-refractivity contribution in [2.24, 2.45) is 7.05 Å². The van der Waals surface area contributed by atoms with Crippen molar-refractivity contribution >= 4 is 17.7 Å². The van der Waals surface area contributed by atoms with Crippen molar-refractivity contribution in [3.63, 3.8) is 0 Å². The highest BCUT2D eigenvalue weighted by Crippen LogP contribution is 2.42. The number of aryl methyl sites for hydroxylation is 2. The SMILES string of the molecule is Cc1ccc2c(c1)-c1c(c(C(=O)NC3CCN(Cc4ccccc4)CC3)nn1C)CS2. The number of likely N-dealkylation sites (tertiary alicyclic amines) is 1. The van der Waals surface area contributed by atoms with Gasteiger partial charge in [-0.25, -0.2) is 0 Å². The highest BCUT2D eigenvalue weighted by atomic mass is 32.2. The number of hydrogen-bond donors (Lipinski definition) is 1. The molecule has 1 saturated heterocycles. The second kappa shape index (κ2) is 8.52. The summed E-state index contributed by atoms with van der Waals surface area (Å²) in [6.07, 6.45) is 1.95. The summed E-state index contributed by atoms with van der Waals surface area (Å²) in [5, 5.41) is 7.91. The maximum atomic E-state index is 13.1. The molecular formula is C25H28N4OS. The molecule has 2 aromatic carbocycles. The summed E-state index contributed by atoms with van der Waals surface area (Å²) < 4.78 is 1.88. The zero-order valence-corrected chi connectivity index (χ0v) is 18.9. The molecule has 6 heteroatoms. The molecule has 1 fully saturated rings. The lowest BCUT2D eigenvalue weighted by Crippen LogP contribution is -2.44. The van der Waals surface area contributed by atoms with Gasteiger partial charge in [0.25, 0.3) is 5.91 Å². The van der Waals surface area contributed by atoms with Crippen LogP contribution < -0.4 is 5.32 Å². The number of thioether (sulfide) groups is 1. The fraction of sp³-hybridized carbons (Fsp3) is 0.360. The van der Waals surface area contributed by atoms with E-state index >= 15 is 0 Å². The second-order valence-corrected chi connectivity index (χ2v) is 9.61. The Hall–Kier alpha value is -2.57. The molecule has 1 amide bonds. The van der Waals surface area contributed by atoms with E-state index in [2.05, 4.69) is 70.8 Å². The largest absolute Gasteiger partial charge is 0.348 e. The van der Waals surface area contributed by atoms with E-state index in [0.29, 0.717) is 5.69 Å². The Morgan fingerprint density at radius 3 is 2.71 bits per heavy atom. The molecule has 5 nitrogen and oxygen atoms in total. The molecule has 3 aromatic rings. The molecule has 0 unspecified atom stereocenters. The van der Waals surface area contributed by atoms with Gasteiger partial charge in [-0.05, 0) is 37.5 Å². The van der Waals surface area contributed by atoms with Crippen LogP contribution in [0.3, 0.4) is 0 Å². The average molecular weight is 433 g/mol. The summed E-state index contributed by atoms with van der Waals surface area (Å²) in [6, 6.07) is 17.3. The molecule has 160 valence electrons. The molecule has 1 N–H and O–H groups in total. The molecule has 0 saturated carbocycles. The van der Waals surface area contributed by atoms with Crippen molar-refractivity contribution in [2.45, 2.75) is 43.0 Å². The van der Waals surface area contributed by atoms with Crippen LogP contribution >= 0.6 is 11.8 Å². The van der Waals surface area contributed by atoms with Gasteiger partial charge in [0.15, 0.2) is 5.69 Å². The number of rotatable bonds is 4. The van der Waals surface area contributed by atoms with Crippen LogP contribution in [-0.4, -0.2) is 39.7 Å². The van der Waals surface area contributed by atoms with E-state index in [4.69, 9.17) is 0 Å². The number of amides is 1. The number of nitrogens with one attached hydrogen (secondary N) is 1. The zero-order valence-electron chi connectivity index (χ0n) is 18.1. The van der Waals surface area contributed by atoms with Crippen LogP contribution in [0.2, 0.25) is 0 Å². The van der Waals surface area contributed by atoms with E-state index < -0.39 is 0 Å². The molecular weight excluding hydrogens is 404 g/mol. The third-order valence-corrected chi connectivity index (χ3v) is 7.39. The second-order valence-electron chi connectivity index (χ2n) is 8.60. The normalized spacial score (nSPS) is 16.6. The molecule has 0 radical (unpaired) electrons. The summed E-state index contributed by atoms with van der Waals surface area (Å²) in [6.45, 7) is 5.09. The molecule has 3 heterocycles. The third-order valence-electron chi connectivity index (χ3n) is 6.29. The van der Waals surface area contributed by atoms with Crippen LogP contribution in [0, 0.1) is 6.92 Å². The fourth-order valence-corrected chi connectivity index (χ4v) is 5.71. The lowest BCUT2D eigenvalue weighted by Gasteiger charge is -2.32. The highest BCUT2D eigenvalue weighted by molar-refractivity contribution is 7.98. The zero-order chi connectivity index (χ0) is 21.4. The van der Waals surface area contributed by atoms with Gasteiger partial charge in [0, 0.05) is 54.5 Å². The minimum Gasteiger partial charge on any atom is -0.348 e. The van der Waals surface area contributed by atoms with E-state index in [1.807, 2.05) is 11.7 Å². The number of carbonyl (C=O) groups excluding carboxylic acids is 1. The number of aromatic nitrogens is 2. The van der Waals surface area contributed by atoms with Crippen molar-refractivity contribution in [2.75, 3.05) is 13.1 Å². The van der Waals surface area contributed by atoms with Gasteiger partial charge in [-0.1, -0.05) is 42.0 Å².